The summed E-state index contributed by atoms with van der Waals surface area (Å²) in [6, 6.07) is 12.9. The molecule has 166 valence electrons. The van der Waals surface area contributed by atoms with Gasteiger partial charge in [0.05, 0.1) is 18.6 Å². The summed E-state index contributed by atoms with van der Waals surface area (Å²) < 4.78 is 10.4. The number of esters is 1. The Balaban J connectivity index is 1.54. The molecule has 4 atom stereocenters. The van der Waals surface area contributed by atoms with Gasteiger partial charge in [0.15, 0.2) is 0 Å². The SMILES string of the molecule is CC1CC(C#N)[C@H](CNc2cccc(O)c2)[C@H]1CCCc1ccc(C(=O)OCCO)o1. The Hall–Kier alpha value is -2.98. The number of hydrogen-bond acceptors (Lipinski definition) is 7. The molecule has 1 saturated carbocycles. The number of phenols is 1. The van der Waals surface area contributed by atoms with E-state index in [0.29, 0.717) is 24.8 Å². The topological polar surface area (TPSA) is 116 Å². The monoisotopic (exact) mass is 426 g/mol. The van der Waals surface area contributed by atoms with Crippen LogP contribution in [0.5, 0.6) is 5.75 Å². The van der Waals surface area contributed by atoms with Crippen LogP contribution >= 0.6 is 0 Å². The number of carbonyl (C=O) groups excluding carboxylic acids is 1. The van der Waals surface area contributed by atoms with Crippen LogP contribution in [-0.4, -0.2) is 35.9 Å². The Bertz CT molecular complexity index is 903. The average Bonchev–Trinajstić information content (AvgIpc) is 3.35. The number of rotatable bonds is 10. The number of phenolic OH excluding ortho intramolecular Hbond substituents is 1. The Morgan fingerprint density at radius 3 is 2.90 bits per heavy atom. The van der Waals surface area contributed by atoms with Gasteiger partial charge >= 0.3 is 5.97 Å². The number of aromatic hydroxyl groups is 1. The van der Waals surface area contributed by atoms with Crippen molar-refractivity contribution in [3.05, 3.63) is 47.9 Å². The van der Waals surface area contributed by atoms with Crippen LogP contribution in [0, 0.1) is 35.0 Å². The molecule has 0 bridgehead atoms. The molecule has 2 unspecified atom stereocenters. The molecule has 1 fully saturated rings. The summed E-state index contributed by atoms with van der Waals surface area (Å²) in [7, 11) is 0. The summed E-state index contributed by atoms with van der Waals surface area (Å²) in [4.78, 5) is 11.8. The van der Waals surface area contributed by atoms with Gasteiger partial charge in [0, 0.05) is 24.7 Å². The van der Waals surface area contributed by atoms with E-state index in [9.17, 15) is 15.2 Å². The van der Waals surface area contributed by atoms with Gasteiger partial charge in [0.2, 0.25) is 5.76 Å². The molecule has 0 radical (unpaired) electrons. The summed E-state index contributed by atoms with van der Waals surface area (Å²) >= 11 is 0. The fraction of sp³-hybridized carbons (Fsp3) is 0.500. The number of carbonyl (C=O) groups is 1. The number of nitriles is 1. The predicted molar refractivity (Wildman–Crippen MR) is 115 cm³/mol. The Kier molecular flexibility index (Phi) is 7.96. The smallest absolute Gasteiger partial charge is 0.374 e. The molecule has 2 aromatic rings. The number of furan rings is 1. The van der Waals surface area contributed by atoms with Crippen LogP contribution in [0.15, 0.2) is 40.8 Å². The number of aliphatic hydroxyl groups is 1. The lowest BCUT2D eigenvalue weighted by Gasteiger charge is -2.25. The van der Waals surface area contributed by atoms with Crippen LogP contribution in [0.4, 0.5) is 5.69 Å². The number of hydrogen-bond donors (Lipinski definition) is 3. The third-order valence-corrected chi connectivity index (χ3v) is 6.13. The van der Waals surface area contributed by atoms with Crippen molar-refractivity contribution in [3.63, 3.8) is 0 Å². The molecule has 3 N–H and O–H groups in total. The summed E-state index contributed by atoms with van der Waals surface area (Å²) in [5.41, 5.74) is 0.853. The van der Waals surface area contributed by atoms with Crippen molar-refractivity contribution in [1.82, 2.24) is 0 Å². The zero-order valence-electron chi connectivity index (χ0n) is 17.8. The van der Waals surface area contributed by atoms with Gasteiger partial charge in [-0.05, 0) is 61.3 Å². The number of aryl methyl sites for hydroxylation is 1. The highest BCUT2D eigenvalue weighted by molar-refractivity contribution is 5.86. The van der Waals surface area contributed by atoms with Gasteiger partial charge in [0.25, 0.3) is 0 Å². The van der Waals surface area contributed by atoms with Gasteiger partial charge < -0.3 is 24.7 Å². The van der Waals surface area contributed by atoms with E-state index >= 15 is 0 Å². The number of anilines is 1. The molecule has 1 aliphatic carbocycles. The van der Waals surface area contributed by atoms with Crippen LogP contribution < -0.4 is 5.32 Å². The van der Waals surface area contributed by atoms with E-state index in [1.54, 1.807) is 30.3 Å². The largest absolute Gasteiger partial charge is 0.508 e. The molecule has 31 heavy (non-hydrogen) atoms. The number of benzene rings is 1. The van der Waals surface area contributed by atoms with E-state index in [1.807, 2.05) is 6.07 Å². The molecule has 1 heterocycles. The molecule has 0 aliphatic heterocycles. The third-order valence-electron chi connectivity index (χ3n) is 6.13. The molecule has 1 aromatic heterocycles. The zero-order chi connectivity index (χ0) is 22.2. The first kappa shape index (κ1) is 22.7. The maximum absolute atomic E-state index is 11.8. The summed E-state index contributed by atoms with van der Waals surface area (Å²) in [6.07, 6.45) is 3.47. The quantitative estimate of drug-likeness (QED) is 0.492. The van der Waals surface area contributed by atoms with Crippen LogP contribution in [-0.2, 0) is 11.2 Å². The third kappa shape index (κ3) is 6.02. The molecule has 0 amide bonds. The van der Waals surface area contributed by atoms with Crippen molar-refractivity contribution in [3.8, 4) is 11.8 Å². The Morgan fingerprint density at radius 1 is 1.32 bits per heavy atom. The zero-order valence-corrected chi connectivity index (χ0v) is 17.8. The summed E-state index contributed by atoms with van der Waals surface area (Å²) in [5.74, 6) is 1.66. The number of nitrogens with one attached hydrogen (secondary N) is 1. The molecule has 0 spiro atoms. The maximum Gasteiger partial charge on any atom is 0.374 e. The van der Waals surface area contributed by atoms with Crippen LogP contribution in [0.3, 0.4) is 0 Å². The molecule has 7 nitrogen and oxygen atoms in total. The fourth-order valence-electron chi connectivity index (χ4n) is 4.61. The van der Waals surface area contributed by atoms with Gasteiger partial charge in [0.1, 0.15) is 18.1 Å². The first-order chi connectivity index (χ1) is 15.0. The van der Waals surface area contributed by atoms with Crippen molar-refractivity contribution in [2.45, 2.75) is 32.6 Å². The maximum atomic E-state index is 11.8. The lowest BCUT2D eigenvalue weighted by atomic mass is 9.83. The highest BCUT2D eigenvalue weighted by Gasteiger charge is 2.40. The van der Waals surface area contributed by atoms with Crippen LogP contribution in [0.1, 0.15) is 42.5 Å². The second-order valence-electron chi connectivity index (χ2n) is 8.23. The lowest BCUT2D eigenvalue weighted by Crippen LogP contribution is -2.25. The van der Waals surface area contributed by atoms with Gasteiger partial charge in [-0.2, -0.15) is 5.26 Å². The van der Waals surface area contributed by atoms with Crippen LogP contribution in [0.2, 0.25) is 0 Å². The van der Waals surface area contributed by atoms with E-state index in [4.69, 9.17) is 14.3 Å². The standard InChI is InChI=1S/C24H30N2O5/c1-16-12-17(14-25)22(15-26-18-4-2-5-19(28)13-18)21(16)7-3-6-20-8-9-23(31-20)24(29)30-11-10-27/h2,4-5,8-9,13,16-17,21-22,26-28H,3,6-7,10-12,15H2,1H3/t16?,17?,21-,22-/m0/s1. The van der Waals surface area contributed by atoms with Gasteiger partial charge in [-0.3, -0.25) is 0 Å². The lowest BCUT2D eigenvalue weighted by molar-refractivity contribution is 0.0397. The second-order valence-corrected chi connectivity index (χ2v) is 8.23. The normalized spacial score (nSPS) is 22.7. The van der Waals surface area contributed by atoms with E-state index < -0.39 is 5.97 Å². The Labute approximate surface area is 182 Å². The van der Waals surface area contributed by atoms with Crippen molar-refractivity contribution >= 4 is 11.7 Å². The molecule has 0 saturated heterocycles. The molecule has 1 aliphatic rings. The number of nitrogens with zero attached hydrogens (tertiary/aromatic N) is 1. The molecule has 1 aromatic carbocycles. The van der Waals surface area contributed by atoms with Crippen molar-refractivity contribution in [1.29, 1.82) is 5.26 Å². The minimum absolute atomic E-state index is 0.0151. The molecule has 7 heteroatoms. The van der Waals surface area contributed by atoms with Crippen molar-refractivity contribution in [2.24, 2.45) is 23.7 Å². The van der Waals surface area contributed by atoms with Gasteiger partial charge in [-0.1, -0.05) is 13.0 Å². The second kappa shape index (κ2) is 10.9. The van der Waals surface area contributed by atoms with E-state index in [1.165, 1.54) is 0 Å². The fourth-order valence-corrected chi connectivity index (χ4v) is 4.61. The minimum atomic E-state index is -0.570. The summed E-state index contributed by atoms with van der Waals surface area (Å²) in [6.45, 7) is 2.64. The van der Waals surface area contributed by atoms with E-state index in [0.717, 1.165) is 30.7 Å². The summed E-state index contributed by atoms with van der Waals surface area (Å²) in [5, 5.41) is 31.4. The first-order valence-electron chi connectivity index (χ1n) is 10.8. The first-order valence-corrected chi connectivity index (χ1v) is 10.8. The minimum Gasteiger partial charge on any atom is -0.508 e. The van der Waals surface area contributed by atoms with Crippen LogP contribution in [0.25, 0.3) is 0 Å². The molecule has 3 rings (SSSR count). The molecular formula is C24H30N2O5. The van der Waals surface area contributed by atoms with E-state index in [-0.39, 0.29) is 36.6 Å². The molecular weight excluding hydrogens is 396 g/mol. The van der Waals surface area contributed by atoms with Crippen molar-refractivity contribution < 1.29 is 24.2 Å². The number of ether oxygens (including phenoxy) is 1. The van der Waals surface area contributed by atoms with E-state index in [2.05, 4.69) is 18.3 Å². The average molecular weight is 427 g/mol. The number of aliphatic hydroxyl groups excluding tert-OH is 1. The predicted octanol–water partition coefficient (Wildman–Crippen LogP) is 3.98. The highest BCUT2D eigenvalue weighted by Crippen LogP contribution is 2.44. The highest BCUT2D eigenvalue weighted by atomic mass is 16.6. The van der Waals surface area contributed by atoms with Gasteiger partial charge in [-0.15, -0.1) is 0 Å². The van der Waals surface area contributed by atoms with Gasteiger partial charge in [-0.25, -0.2) is 4.79 Å². The Morgan fingerprint density at radius 2 is 2.16 bits per heavy atom. The van der Waals surface area contributed by atoms with Crippen molar-refractivity contribution in [2.75, 3.05) is 25.1 Å².